The number of halogens is 1. The van der Waals surface area contributed by atoms with Gasteiger partial charge in [-0.1, -0.05) is 6.92 Å². The van der Waals surface area contributed by atoms with E-state index in [-0.39, 0.29) is 5.82 Å². The van der Waals surface area contributed by atoms with Crippen molar-refractivity contribution in [1.29, 1.82) is 0 Å². The van der Waals surface area contributed by atoms with Crippen LogP contribution in [-0.2, 0) is 25.9 Å². The van der Waals surface area contributed by atoms with Gasteiger partial charge in [0, 0.05) is 49.8 Å². The second-order valence-corrected chi connectivity index (χ2v) is 6.23. The van der Waals surface area contributed by atoms with Crippen molar-refractivity contribution in [3.63, 3.8) is 0 Å². The largest absolute Gasteiger partial charge is 0.313 e. The van der Waals surface area contributed by atoms with Crippen LogP contribution in [-0.4, -0.2) is 36.7 Å². The number of nitrogens with zero attached hydrogens (tertiary/aromatic N) is 5. The summed E-state index contributed by atoms with van der Waals surface area (Å²) in [4.78, 5) is 6.29. The molecule has 4 heterocycles. The van der Waals surface area contributed by atoms with Crippen LogP contribution >= 0.6 is 0 Å². The topological polar surface area (TPSA) is 46.8 Å². The Bertz CT molecular complexity index is 683. The molecule has 6 heteroatoms. The minimum atomic E-state index is -0.209. The molecule has 2 aliphatic rings. The first kappa shape index (κ1) is 13.8. The van der Waals surface area contributed by atoms with Gasteiger partial charge in [-0.3, -0.25) is 9.88 Å². The molecule has 0 N–H and O–H groups in total. The summed E-state index contributed by atoms with van der Waals surface area (Å²) in [5.74, 6) is 1.95. The van der Waals surface area contributed by atoms with Gasteiger partial charge < -0.3 is 4.57 Å². The number of pyridine rings is 1. The summed E-state index contributed by atoms with van der Waals surface area (Å²) in [7, 11) is 0. The zero-order valence-corrected chi connectivity index (χ0v) is 12.7. The van der Waals surface area contributed by atoms with Crippen molar-refractivity contribution in [3.05, 3.63) is 41.5 Å². The molecule has 0 aromatic carbocycles. The van der Waals surface area contributed by atoms with E-state index in [0.29, 0.717) is 18.6 Å². The molecule has 2 aromatic heterocycles. The Balaban J connectivity index is 1.61. The van der Waals surface area contributed by atoms with Crippen LogP contribution in [0.1, 0.15) is 37.0 Å². The van der Waals surface area contributed by atoms with Crippen molar-refractivity contribution >= 4 is 0 Å². The highest BCUT2D eigenvalue weighted by atomic mass is 19.1. The van der Waals surface area contributed by atoms with E-state index in [4.69, 9.17) is 0 Å². The van der Waals surface area contributed by atoms with Crippen LogP contribution in [0, 0.1) is 5.82 Å². The molecule has 4 rings (SSSR count). The van der Waals surface area contributed by atoms with Crippen LogP contribution in [0.25, 0.3) is 0 Å². The number of hydrogen-bond acceptors (Lipinski definition) is 4. The molecule has 2 aromatic rings. The number of aromatic nitrogens is 4. The summed E-state index contributed by atoms with van der Waals surface area (Å²) in [5, 5.41) is 8.67. The van der Waals surface area contributed by atoms with Crippen molar-refractivity contribution in [1.82, 2.24) is 24.6 Å². The van der Waals surface area contributed by atoms with Gasteiger partial charge in [-0.2, -0.15) is 0 Å². The normalized spacial score (nSPS) is 24.3. The minimum absolute atomic E-state index is 0.209. The maximum atomic E-state index is 13.9. The van der Waals surface area contributed by atoms with Crippen molar-refractivity contribution < 1.29 is 4.39 Å². The highest BCUT2D eigenvalue weighted by Gasteiger charge is 2.38. The van der Waals surface area contributed by atoms with Gasteiger partial charge in [0.05, 0.1) is 6.20 Å². The Labute approximate surface area is 129 Å². The predicted octanol–water partition coefficient (Wildman–Crippen LogP) is 1.96. The molecule has 2 bridgehead atoms. The van der Waals surface area contributed by atoms with Gasteiger partial charge in [-0.15, -0.1) is 10.2 Å². The van der Waals surface area contributed by atoms with E-state index in [2.05, 4.69) is 31.6 Å². The van der Waals surface area contributed by atoms with Gasteiger partial charge in [-0.05, 0) is 18.9 Å². The van der Waals surface area contributed by atoms with Crippen LogP contribution in [0.5, 0.6) is 0 Å². The van der Waals surface area contributed by atoms with Crippen LogP contribution in [0.15, 0.2) is 18.5 Å². The van der Waals surface area contributed by atoms with Gasteiger partial charge in [0.25, 0.3) is 0 Å². The van der Waals surface area contributed by atoms with Crippen molar-refractivity contribution in [2.75, 3.05) is 0 Å². The molecular weight excluding hydrogens is 281 g/mol. The second-order valence-electron chi connectivity index (χ2n) is 6.23. The molecule has 0 saturated carbocycles. The molecule has 2 aliphatic heterocycles. The van der Waals surface area contributed by atoms with Gasteiger partial charge in [-0.25, -0.2) is 4.39 Å². The van der Waals surface area contributed by atoms with Gasteiger partial charge >= 0.3 is 0 Å². The fourth-order valence-corrected chi connectivity index (χ4v) is 3.83. The van der Waals surface area contributed by atoms with E-state index in [9.17, 15) is 4.39 Å². The molecule has 0 amide bonds. The first-order valence-electron chi connectivity index (χ1n) is 8.01. The fourth-order valence-electron chi connectivity index (χ4n) is 3.83. The lowest BCUT2D eigenvalue weighted by Crippen LogP contribution is -2.36. The molecule has 1 saturated heterocycles. The van der Waals surface area contributed by atoms with Crippen LogP contribution in [0.4, 0.5) is 4.39 Å². The Hall–Kier alpha value is -1.82. The summed E-state index contributed by atoms with van der Waals surface area (Å²) < 4.78 is 16.2. The Kier molecular flexibility index (Phi) is 3.41. The third kappa shape index (κ3) is 2.22. The molecule has 5 nitrogen and oxygen atoms in total. The van der Waals surface area contributed by atoms with E-state index in [0.717, 1.165) is 49.4 Å². The molecular formula is C16H20FN5. The zero-order chi connectivity index (χ0) is 15.1. The number of rotatable bonds is 3. The predicted molar refractivity (Wildman–Crippen MR) is 79.7 cm³/mol. The SMILES string of the molecule is CCc1nnc2n1C[C@H]1CC[C@@H](C2)N1Cc1ccncc1F. The Morgan fingerprint density at radius 2 is 2.14 bits per heavy atom. The lowest BCUT2D eigenvalue weighted by molar-refractivity contribution is 0.177. The smallest absolute Gasteiger partial charge is 0.145 e. The molecule has 22 heavy (non-hydrogen) atoms. The molecule has 0 spiro atoms. The summed E-state index contributed by atoms with van der Waals surface area (Å²) >= 11 is 0. The molecule has 2 atom stereocenters. The third-order valence-corrected chi connectivity index (χ3v) is 5.01. The van der Waals surface area contributed by atoms with Crippen LogP contribution in [0.2, 0.25) is 0 Å². The highest BCUT2D eigenvalue weighted by molar-refractivity contribution is 5.14. The monoisotopic (exact) mass is 301 g/mol. The molecule has 0 radical (unpaired) electrons. The van der Waals surface area contributed by atoms with Crippen LogP contribution in [0.3, 0.4) is 0 Å². The minimum Gasteiger partial charge on any atom is -0.313 e. The molecule has 0 aliphatic carbocycles. The van der Waals surface area contributed by atoms with Crippen molar-refractivity contribution in [2.45, 2.75) is 57.8 Å². The molecule has 1 fully saturated rings. The molecule has 0 unspecified atom stereocenters. The number of hydrogen-bond donors (Lipinski definition) is 0. The number of aryl methyl sites for hydroxylation is 1. The van der Waals surface area contributed by atoms with E-state index >= 15 is 0 Å². The lowest BCUT2D eigenvalue weighted by Gasteiger charge is -2.27. The van der Waals surface area contributed by atoms with E-state index in [1.54, 1.807) is 12.3 Å². The van der Waals surface area contributed by atoms with Gasteiger partial charge in [0.1, 0.15) is 17.5 Å². The summed E-state index contributed by atoms with van der Waals surface area (Å²) in [6, 6.07) is 2.67. The maximum absolute atomic E-state index is 13.9. The first-order valence-corrected chi connectivity index (χ1v) is 8.01. The van der Waals surface area contributed by atoms with E-state index in [1.165, 1.54) is 6.20 Å². The Morgan fingerprint density at radius 1 is 1.27 bits per heavy atom. The van der Waals surface area contributed by atoms with Crippen LogP contribution < -0.4 is 0 Å². The Morgan fingerprint density at radius 3 is 2.95 bits per heavy atom. The van der Waals surface area contributed by atoms with Gasteiger partial charge in [0.15, 0.2) is 0 Å². The second kappa shape index (κ2) is 5.43. The highest BCUT2D eigenvalue weighted by Crippen LogP contribution is 2.33. The first-order chi connectivity index (χ1) is 10.8. The summed E-state index contributed by atoms with van der Waals surface area (Å²) in [5.41, 5.74) is 0.736. The lowest BCUT2D eigenvalue weighted by atomic mass is 10.1. The van der Waals surface area contributed by atoms with Crippen molar-refractivity contribution in [3.8, 4) is 0 Å². The van der Waals surface area contributed by atoms with E-state index in [1.807, 2.05) is 0 Å². The van der Waals surface area contributed by atoms with Gasteiger partial charge in [0.2, 0.25) is 0 Å². The average Bonchev–Trinajstić information content (AvgIpc) is 3.02. The number of fused-ring (bicyclic) bond motifs is 3. The summed E-state index contributed by atoms with van der Waals surface area (Å²) in [6.07, 6.45) is 7.12. The zero-order valence-electron chi connectivity index (χ0n) is 12.7. The third-order valence-electron chi connectivity index (χ3n) is 5.01. The molecule has 116 valence electrons. The maximum Gasteiger partial charge on any atom is 0.145 e. The summed E-state index contributed by atoms with van der Waals surface area (Å²) in [6.45, 7) is 3.70. The quantitative estimate of drug-likeness (QED) is 0.869. The standard InChI is InChI=1S/C16H20FN5/c1-2-15-19-20-16-7-12-3-4-13(10-22(15)16)21(12)9-11-5-6-18-8-14(11)17/h5-6,8,12-13H,2-4,7,9-10H2,1H3/t12-,13+/m0/s1. The fraction of sp³-hybridized carbons (Fsp3) is 0.562. The average molecular weight is 301 g/mol. The van der Waals surface area contributed by atoms with Crippen molar-refractivity contribution in [2.24, 2.45) is 0 Å². The van der Waals surface area contributed by atoms with E-state index < -0.39 is 0 Å².